The van der Waals surface area contributed by atoms with Gasteiger partial charge in [-0.25, -0.2) is 0 Å². The molecule has 1 amide bonds. The summed E-state index contributed by atoms with van der Waals surface area (Å²) >= 11 is 0. The predicted octanol–water partition coefficient (Wildman–Crippen LogP) is 12.2. The largest absolute Gasteiger partial charge is 0.394 e. The molecular weight excluding hydrogens is 566 g/mol. The minimum absolute atomic E-state index is 0.0921. The molecule has 0 bridgehead atoms. The summed E-state index contributed by atoms with van der Waals surface area (Å²) < 4.78 is 0. The Kier molecular flexibility index (Phi) is 36.9. The monoisotopic (exact) mass is 646 g/mol. The highest BCUT2D eigenvalue weighted by molar-refractivity contribution is 5.76. The molecule has 0 aromatic rings. The number of aliphatic hydroxyl groups is 2. The van der Waals surface area contributed by atoms with Crippen LogP contribution in [-0.2, 0) is 4.79 Å². The quantitative estimate of drug-likeness (QED) is 0.0469. The molecule has 3 N–H and O–H groups in total. The molecule has 0 spiro atoms. The van der Waals surface area contributed by atoms with Gasteiger partial charge in [-0.1, -0.05) is 192 Å². The Labute approximate surface area is 287 Å². The first-order chi connectivity index (χ1) is 22.7. The summed E-state index contributed by atoms with van der Waals surface area (Å²) in [4.78, 5) is 12.1. The number of amides is 1. The third-order valence-electron chi connectivity index (χ3n) is 9.10. The Balaban J connectivity index is 3.50. The van der Waals surface area contributed by atoms with Gasteiger partial charge in [-0.05, 0) is 44.9 Å². The fourth-order valence-corrected chi connectivity index (χ4v) is 5.97. The summed E-state index contributed by atoms with van der Waals surface area (Å²) in [6.45, 7) is 4.20. The van der Waals surface area contributed by atoms with Gasteiger partial charge in [0.2, 0.25) is 5.91 Å². The first-order valence-electron chi connectivity index (χ1n) is 20.2. The van der Waals surface area contributed by atoms with E-state index < -0.39 is 12.1 Å². The zero-order chi connectivity index (χ0) is 33.6. The summed E-state index contributed by atoms with van der Waals surface area (Å²) in [5.41, 5.74) is 0. The molecule has 4 heteroatoms. The minimum atomic E-state index is -0.864. The van der Waals surface area contributed by atoms with Crippen LogP contribution in [0.1, 0.15) is 206 Å². The van der Waals surface area contributed by atoms with Crippen molar-refractivity contribution in [2.45, 2.75) is 219 Å². The molecule has 270 valence electrons. The van der Waals surface area contributed by atoms with Crippen LogP contribution >= 0.6 is 0 Å². The molecule has 0 heterocycles. The van der Waals surface area contributed by atoms with Crippen LogP contribution in [0.5, 0.6) is 0 Å². The second-order valence-corrected chi connectivity index (χ2v) is 13.7. The number of rotatable bonds is 36. The lowest BCUT2D eigenvalue weighted by Gasteiger charge is -2.19. The number of hydrogen-bond donors (Lipinski definition) is 3. The summed E-state index contributed by atoms with van der Waals surface area (Å²) in [5.74, 6) is -0.0921. The molecule has 0 aliphatic heterocycles. The Hall–Kier alpha value is -1.39. The van der Waals surface area contributed by atoms with Crippen LogP contribution in [0.25, 0.3) is 0 Å². The molecule has 0 aliphatic rings. The van der Waals surface area contributed by atoms with Gasteiger partial charge in [0, 0.05) is 6.42 Å². The second-order valence-electron chi connectivity index (χ2n) is 13.7. The molecule has 0 rings (SSSR count). The minimum Gasteiger partial charge on any atom is -0.394 e. The van der Waals surface area contributed by atoms with Gasteiger partial charge in [0.25, 0.3) is 0 Å². The molecular formula is C42H79NO3. The van der Waals surface area contributed by atoms with E-state index >= 15 is 0 Å². The molecule has 0 aliphatic carbocycles. The Morgan fingerprint density at radius 3 is 1.26 bits per heavy atom. The molecule has 0 saturated heterocycles. The number of allylic oxidation sites excluding steroid dienone is 5. The SMILES string of the molecule is CCCCCCCCCCCCCCCCCCCCC/C=C/CC/C=C/CC/C=C/C(O)C(CO)NC(=O)CCCCCCC. The maximum atomic E-state index is 12.1. The van der Waals surface area contributed by atoms with Crippen LogP contribution < -0.4 is 5.32 Å². The fraction of sp³-hybridized carbons (Fsp3) is 0.833. The van der Waals surface area contributed by atoms with Crippen molar-refractivity contribution in [2.75, 3.05) is 6.61 Å². The zero-order valence-corrected chi connectivity index (χ0v) is 30.8. The van der Waals surface area contributed by atoms with E-state index in [9.17, 15) is 15.0 Å². The van der Waals surface area contributed by atoms with Crippen LogP contribution in [0.15, 0.2) is 36.5 Å². The van der Waals surface area contributed by atoms with Crippen molar-refractivity contribution < 1.29 is 15.0 Å². The summed E-state index contributed by atoms with van der Waals surface area (Å²) in [6.07, 6.45) is 50.1. The molecule has 0 saturated carbocycles. The van der Waals surface area contributed by atoms with E-state index in [1.807, 2.05) is 6.08 Å². The van der Waals surface area contributed by atoms with E-state index in [1.165, 1.54) is 141 Å². The van der Waals surface area contributed by atoms with E-state index in [4.69, 9.17) is 0 Å². The van der Waals surface area contributed by atoms with Crippen molar-refractivity contribution in [2.24, 2.45) is 0 Å². The first-order valence-corrected chi connectivity index (χ1v) is 20.2. The molecule has 0 aromatic carbocycles. The topological polar surface area (TPSA) is 69.6 Å². The molecule has 4 nitrogen and oxygen atoms in total. The number of hydrogen-bond acceptors (Lipinski definition) is 3. The van der Waals surface area contributed by atoms with Gasteiger partial charge < -0.3 is 15.5 Å². The third kappa shape index (κ3) is 34.0. The lowest BCUT2D eigenvalue weighted by atomic mass is 10.0. The van der Waals surface area contributed by atoms with Gasteiger partial charge in [-0.15, -0.1) is 0 Å². The lowest BCUT2D eigenvalue weighted by molar-refractivity contribution is -0.123. The van der Waals surface area contributed by atoms with E-state index in [-0.39, 0.29) is 12.5 Å². The van der Waals surface area contributed by atoms with Crippen LogP contribution in [0, 0.1) is 0 Å². The molecule has 0 aromatic heterocycles. The van der Waals surface area contributed by atoms with Gasteiger partial charge >= 0.3 is 0 Å². The van der Waals surface area contributed by atoms with E-state index in [2.05, 4.69) is 43.5 Å². The van der Waals surface area contributed by atoms with E-state index in [1.54, 1.807) is 6.08 Å². The van der Waals surface area contributed by atoms with Crippen molar-refractivity contribution in [3.05, 3.63) is 36.5 Å². The van der Waals surface area contributed by atoms with Crippen molar-refractivity contribution in [3.63, 3.8) is 0 Å². The maximum absolute atomic E-state index is 12.1. The van der Waals surface area contributed by atoms with Crippen LogP contribution in [0.4, 0.5) is 0 Å². The molecule has 0 fully saturated rings. The molecule has 2 atom stereocenters. The van der Waals surface area contributed by atoms with Gasteiger partial charge in [-0.2, -0.15) is 0 Å². The highest BCUT2D eigenvalue weighted by Gasteiger charge is 2.17. The number of unbranched alkanes of at least 4 members (excludes halogenated alkanes) is 25. The van der Waals surface area contributed by atoms with Crippen molar-refractivity contribution >= 4 is 5.91 Å². The van der Waals surface area contributed by atoms with Crippen LogP contribution in [-0.4, -0.2) is 34.9 Å². The average Bonchev–Trinajstić information content (AvgIpc) is 3.06. The standard InChI is InChI=1S/C42H79NO3/c1-3-5-7-9-10-11-12-13-14-15-16-17-18-19-20-21-22-23-24-25-26-27-28-29-30-31-32-34-35-37-41(45)40(39-44)43-42(46)38-36-33-8-6-4-2/h26-27,30-31,35,37,40-41,44-45H,3-25,28-29,32-34,36,38-39H2,1-2H3,(H,43,46)/b27-26+,31-30+,37-35+. The Morgan fingerprint density at radius 2 is 0.848 bits per heavy atom. The first kappa shape index (κ1) is 44.6. The normalized spacial score (nSPS) is 13.4. The summed E-state index contributed by atoms with van der Waals surface area (Å²) in [5, 5.41) is 22.7. The van der Waals surface area contributed by atoms with E-state index in [0.29, 0.717) is 6.42 Å². The summed E-state index contributed by atoms with van der Waals surface area (Å²) in [6, 6.07) is -0.638. The molecule has 46 heavy (non-hydrogen) atoms. The average molecular weight is 646 g/mol. The highest BCUT2D eigenvalue weighted by Crippen LogP contribution is 2.15. The van der Waals surface area contributed by atoms with E-state index in [0.717, 1.165) is 44.9 Å². The Morgan fingerprint density at radius 1 is 0.500 bits per heavy atom. The Bertz CT molecular complexity index is 701. The highest BCUT2D eigenvalue weighted by atomic mass is 16.3. The number of nitrogens with one attached hydrogen (secondary N) is 1. The number of carbonyl (C=O) groups excluding carboxylic acids is 1. The zero-order valence-electron chi connectivity index (χ0n) is 30.8. The number of carbonyl (C=O) groups is 1. The van der Waals surface area contributed by atoms with Gasteiger partial charge in [-0.3, -0.25) is 4.79 Å². The molecule has 0 radical (unpaired) electrons. The van der Waals surface area contributed by atoms with Gasteiger partial charge in [0.05, 0.1) is 18.8 Å². The van der Waals surface area contributed by atoms with Crippen molar-refractivity contribution in [1.29, 1.82) is 0 Å². The predicted molar refractivity (Wildman–Crippen MR) is 202 cm³/mol. The maximum Gasteiger partial charge on any atom is 0.220 e. The number of aliphatic hydroxyl groups excluding tert-OH is 2. The third-order valence-corrected chi connectivity index (χ3v) is 9.10. The van der Waals surface area contributed by atoms with Crippen molar-refractivity contribution in [3.8, 4) is 0 Å². The smallest absolute Gasteiger partial charge is 0.220 e. The summed E-state index contributed by atoms with van der Waals surface area (Å²) in [7, 11) is 0. The van der Waals surface area contributed by atoms with Gasteiger partial charge in [0.15, 0.2) is 0 Å². The van der Waals surface area contributed by atoms with Crippen molar-refractivity contribution in [1.82, 2.24) is 5.32 Å². The van der Waals surface area contributed by atoms with Gasteiger partial charge in [0.1, 0.15) is 0 Å². The van der Waals surface area contributed by atoms with Crippen LogP contribution in [0.2, 0.25) is 0 Å². The lowest BCUT2D eigenvalue weighted by Crippen LogP contribution is -2.45. The second kappa shape index (κ2) is 38.1. The molecule has 2 unspecified atom stereocenters. The van der Waals surface area contributed by atoms with Crippen LogP contribution in [0.3, 0.4) is 0 Å². The fourth-order valence-electron chi connectivity index (χ4n) is 5.97.